The van der Waals surface area contributed by atoms with Gasteiger partial charge >= 0.3 is 0 Å². The van der Waals surface area contributed by atoms with Crippen molar-refractivity contribution in [2.24, 2.45) is 0 Å². The van der Waals surface area contributed by atoms with Crippen molar-refractivity contribution in [3.8, 4) is 11.3 Å². The fraction of sp³-hybridized carbons (Fsp3) is 0.500. The number of alkyl halides is 1. The maximum atomic E-state index is 13.6. The molecule has 2 aliphatic heterocycles. The standard InChI is InChI=1S/C22H25FN4O3/c23-17-5-6-19-24-18(14-27(19)13-17)15-1-3-16(4-2-15)20(28)25-9-11-26(12-10-25)21(29)22(30)7-8-22/h1-4,14,17,30H,5-13H2. The second-order valence-electron chi connectivity index (χ2n) is 8.52. The molecule has 5 rings (SSSR count). The summed E-state index contributed by atoms with van der Waals surface area (Å²) in [5, 5.41) is 9.99. The van der Waals surface area contributed by atoms with E-state index in [1.807, 2.05) is 22.9 Å². The third kappa shape index (κ3) is 3.49. The van der Waals surface area contributed by atoms with E-state index >= 15 is 0 Å². The highest BCUT2D eigenvalue weighted by Gasteiger charge is 2.50. The zero-order valence-electron chi connectivity index (χ0n) is 16.8. The Bertz CT molecular complexity index is 975. The number of rotatable bonds is 3. The first-order valence-electron chi connectivity index (χ1n) is 10.5. The summed E-state index contributed by atoms with van der Waals surface area (Å²) in [6, 6.07) is 7.32. The number of aliphatic hydroxyl groups is 1. The lowest BCUT2D eigenvalue weighted by molar-refractivity contribution is -0.143. The summed E-state index contributed by atoms with van der Waals surface area (Å²) in [5.41, 5.74) is 1.13. The van der Waals surface area contributed by atoms with Gasteiger partial charge in [-0.1, -0.05) is 12.1 Å². The lowest BCUT2D eigenvalue weighted by atomic mass is 10.1. The molecular formula is C22H25FN4O3. The molecule has 158 valence electrons. The van der Waals surface area contributed by atoms with Crippen molar-refractivity contribution < 1.29 is 19.1 Å². The number of imidazole rings is 1. The average molecular weight is 412 g/mol. The number of hydrogen-bond acceptors (Lipinski definition) is 4. The Labute approximate surface area is 174 Å². The largest absolute Gasteiger partial charge is 0.380 e. The fourth-order valence-corrected chi connectivity index (χ4v) is 4.25. The average Bonchev–Trinajstić information content (AvgIpc) is 3.38. The van der Waals surface area contributed by atoms with Gasteiger partial charge < -0.3 is 19.5 Å². The number of fused-ring (bicyclic) bond motifs is 1. The van der Waals surface area contributed by atoms with Gasteiger partial charge in [0.25, 0.3) is 11.8 Å². The summed E-state index contributed by atoms with van der Waals surface area (Å²) >= 11 is 0. The lowest BCUT2D eigenvalue weighted by Gasteiger charge is -2.35. The Morgan fingerprint density at radius 2 is 1.73 bits per heavy atom. The quantitative estimate of drug-likeness (QED) is 0.832. The zero-order valence-corrected chi connectivity index (χ0v) is 16.8. The maximum Gasteiger partial charge on any atom is 0.254 e. The molecule has 2 amide bonds. The van der Waals surface area contributed by atoms with E-state index in [2.05, 4.69) is 4.98 Å². The van der Waals surface area contributed by atoms with Crippen molar-refractivity contribution in [3.63, 3.8) is 0 Å². The number of piperazine rings is 1. The summed E-state index contributed by atoms with van der Waals surface area (Å²) < 4.78 is 15.5. The van der Waals surface area contributed by atoms with E-state index in [0.29, 0.717) is 64.0 Å². The van der Waals surface area contributed by atoms with Crippen molar-refractivity contribution in [3.05, 3.63) is 41.9 Å². The molecule has 1 saturated heterocycles. The van der Waals surface area contributed by atoms with Crippen LogP contribution in [0.25, 0.3) is 11.3 Å². The van der Waals surface area contributed by atoms with E-state index in [-0.39, 0.29) is 11.8 Å². The molecule has 0 radical (unpaired) electrons. The first kappa shape index (κ1) is 19.2. The van der Waals surface area contributed by atoms with Crippen LogP contribution in [0, 0.1) is 0 Å². The molecule has 1 N–H and O–H groups in total. The smallest absolute Gasteiger partial charge is 0.254 e. The van der Waals surface area contributed by atoms with Crippen molar-refractivity contribution in [2.75, 3.05) is 26.2 Å². The normalized spacial score (nSPS) is 22.5. The Kier molecular flexibility index (Phi) is 4.61. The van der Waals surface area contributed by atoms with Crippen LogP contribution >= 0.6 is 0 Å². The SMILES string of the molecule is O=C(c1ccc(-c2cn3c(n2)CCC(F)C3)cc1)N1CCN(C(=O)C2(O)CC2)CC1. The predicted octanol–water partition coefficient (Wildman–Crippen LogP) is 1.64. The number of benzene rings is 1. The van der Waals surface area contributed by atoms with Crippen molar-refractivity contribution in [1.82, 2.24) is 19.4 Å². The first-order valence-corrected chi connectivity index (χ1v) is 10.5. The van der Waals surface area contributed by atoms with E-state index in [4.69, 9.17) is 0 Å². The summed E-state index contributed by atoms with van der Waals surface area (Å²) in [5.74, 6) is 0.631. The van der Waals surface area contributed by atoms with Gasteiger partial charge in [-0.25, -0.2) is 9.37 Å². The second-order valence-corrected chi connectivity index (χ2v) is 8.52. The van der Waals surface area contributed by atoms with E-state index in [1.54, 1.807) is 21.9 Å². The number of hydrogen-bond donors (Lipinski definition) is 1. The van der Waals surface area contributed by atoms with Gasteiger partial charge in [0.2, 0.25) is 0 Å². The molecular weight excluding hydrogens is 387 g/mol. The van der Waals surface area contributed by atoms with Crippen LogP contribution in [0.3, 0.4) is 0 Å². The fourth-order valence-electron chi connectivity index (χ4n) is 4.25. The minimum atomic E-state index is -1.15. The van der Waals surface area contributed by atoms with Gasteiger partial charge in [0, 0.05) is 49.9 Å². The number of halogens is 1. The van der Waals surface area contributed by atoms with Crippen LogP contribution in [0.5, 0.6) is 0 Å². The molecule has 1 atom stereocenters. The topological polar surface area (TPSA) is 78.7 Å². The molecule has 7 nitrogen and oxygen atoms in total. The predicted molar refractivity (Wildman–Crippen MR) is 108 cm³/mol. The molecule has 2 fully saturated rings. The molecule has 30 heavy (non-hydrogen) atoms. The van der Waals surface area contributed by atoms with Gasteiger partial charge in [-0.15, -0.1) is 0 Å². The van der Waals surface area contributed by atoms with Gasteiger partial charge in [-0.05, 0) is 31.4 Å². The molecule has 8 heteroatoms. The van der Waals surface area contributed by atoms with Crippen LogP contribution in [0.1, 0.15) is 35.4 Å². The third-order valence-corrected chi connectivity index (χ3v) is 6.34. The molecule has 0 spiro atoms. The van der Waals surface area contributed by atoms with Crippen molar-refractivity contribution in [1.29, 1.82) is 0 Å². The van der Waals surface area contributed by atoms with Gasteiger partial charge in [-0.2, -0.15) is 0 Å². The maximum absolute atomic E-state index is 13.6. The second kappa shape index (κ2) is 7.19. The molecule has 1 saturated carbocycles. The number of aryl methyl sites for hydroxylation is 1. The van der Waals surface area contributed by atoms with Gasteiger partial charge in [0.15, 0.2) is 0 Å². The van der Waals surface area contributed by atoms with Crippen molar-refractivity contribution >= 4 is 11.8 Å². The monoisotopic (exact) mass is 412 g/mol. The highest BCUT2D eigenvalue weighted by molar-refractivity contribution is 5.95. The molecule has 1 aliphatic carbocycles. The van der Waals surface area contributed by atoms with Crippen LogP contribution < -0.4 is 0 Å². The Hall–Kier alpha value is -2.74. The minimum Gasteiger partial charge on any atom is -0.380 e. The summed E-state index contributed by atoms with van der Waals surface area (Å²) in [6.07, 6.45) is 3.28. The van der Waals surface area contributed by atoms with Crippen LogP contribution in [-0.4, -0.2) is 74.2 Å². The van der Waals surface area contributed by atoms with Crippen LogP contribution in [0.15, 0.2) is 30.5 Å². The molecule has 3 heterocycles. The highest BCUT2D eigenvalue weighted by Crippen LogP contribution is 2.37. The number of aromatic nitrogens is 2. The first-order chi connectivity index (χ1) is 14.4. The Morgan fingerprint density at radius 3 is 2.40 bits per heavy atom. The van der Waals surface area contributed by atoms with Gasteiger partial charge in [-0.3, -0.25) is 9.59 Å². The third-order valence-electron chi connectivity index (χ3n) is 6.34. The van der Waals surface area contributed by atoms with E-state index in [9.17, 15) is 19.1 Å². The number of carbonyl (C=O) groups is 2. The number of nitrogens with zero attached hydrogens (tertiary/aromatic N) is 4. The van der Waals surface area contributed by atoms with E-state index < -0.39 is 11.8 Å². The van der Waals surface area contributed by atoms with Crippen LogP contribution in [0.4, 0.5) is 4.39 Å². The van der Waals surface area contributed by atoms with Crippen molar-refractivity contribution in [2.45, 2.75) is 44.0 Å². The molecule has 1 aromatic carbocycles. The number of amides is 2. The lowest BCUT2D eigenvalue weighted by Crippen LogP contribution is -2.53. The van der Waals surface area contributed by atoms with Crippen LogP contribution in [0.2, 0.25) is 0 Å². The molecule has 2 aromatic rings. The number of carbonyl (C=O) groups excluding carboxylic acids is 2. The summed E-state index contributed by atoms with van der Waals surface area (Å²) in [6.45, 7) is 2.16. The van der Waals surface area contributed by atoms with E-state index in [0.717, 1.165) is 17.1 Å². The molecule has 1 unspecified atom stereocenters. The van der Waals surface area contributed by atoms with Gasteiger partial charge in [0.1, 0.15) is 17.6 Å². The zero-order chi connectivity index (χ0) is 20.9. The Balaban J connectivity index is 1.23. The highest BCUT2D eigenvalue weighted by atomic mass is 19.1. The Morgan fingerprint density at radius 1 is 1.07 bits per heavy atom. The summed E-state index contributed by atoms with van der Waals surface area (Å²) in [7, 11) is 0. The summed E-state index contributed by atoms with van der Waals surface area (Å²) in [4.78, 5) is 33.1. The van der Waals surface area contributed by atoms with Crippen LogP contribution in [-0.2, 0) is 17.8 Å². The van der Waals surface area contributed by atoms with Gasteiger partial charge in [0.05, 0.1) is 12.2 Å². The minimum absolute atomic E-state index is 0.0665. The molecule has 1 aromatic heterocycles. The molecule has 3 aliphatic rings. The molecule has 0 bridgehead atoms. The van der Waals surface area contributed by atoms with E-state index in [1.165, 1.54) is 0 Å².